The number of thioether (sulfide) groups is 1. The van der Waals surface area contributed by atoms with Gasteiger partial charge in [0.2, 0.25) is 0 Å². The first-order chi connectivity index (χ1) is 15.8. The molecule has 1 saturated heterocycles. The fraction of sp³-hybridized carbons (Fsp3) is 0.417. The molecule has 0 saturated carbocycles. The Labute approximate surface area is 199 Å². The minimum atomic E-state index is -3.77. The number of carbonyl (C=O) groups excluding carboxylic acids is 2. The summed E-state index contributed by atoms with van der Waals surface area (Å²) in [6.07, 6.45) is 4.80. The van der Waals surface area contributed by atoms with E-state index in [4.69, 9.17) is 4.74 Å². The van der Waals surface area contributed by atoms with Crippen molar-refractivity contribution >= 4 is 38.4 Å². The van der Waals surface area contributed by atoms with Crippen LogP contribution in [-0.2, 0) is 14.8 Å². The highest BCUT2D eigenvalue weighted by atomic mass is 32.2. The molecule has 0 radical (unpaired) electrons. The zero-order valence-corrected chi connectivity index (χ0v) is 20.4. The molecule has 0 bridgehead atoms. The van der Waals surface area contributed by atoms with Crippen LogP contribution >= 0.6 is 11.8 Å². The molecular formula is C24H30N2O5S2. The zero-order chi connectivity index (χ0) is 23.7. The lowest BCUT2D eigenvalue weighted by molar-refractivity contribution is -0.109. The molecule has 1 aliphatic heterocycles. The molecule has 0 aromatic heterocycles. The number of likely N-dealkylation sites (tertiary alicyclic amines) is 1. The van der Waals surface area contributed by atoms with Gasteiger partial charge >= 0.3 is 0 Å². The summed E-state index contributed by atoms with van der Waals surface area (Å²) in [7, 11) is -3.77. The molecule has 7 nitrogen and oxygen atoms in total. The van der Waals surface area contributed by atoms with Crippen molar-refractivity contribution in [1.82, 2.24) is 4.90 Å². The van der Waals surface area contributed by atoms with Crippen molar-refractivity contribution < 1.29 is 22.7 Å². The number of rotatable bonds is 11. The van der Waals surface area contributed by atoms with Gasteiger partial charge in [-0.25, -0.2) is 8.42 Å². The number of nitrogens with zero attached hydrogens (tertiary/aromatic N) is 1. The molecule has 1 N–H and O–H groups in total. The van der Waals surface area contributed by atoms with E-state index in [0.717, 1.165) is 37.8 Å². The van der Waals surface area contributed by atoms with E-state index >= 15 is 0 Å². The molecule has 0 spiro atoms. The second-order valence-electron chi connectivity index (χ2n) is 7.96. The minimum absolute atomic E-state index is 0.0626. The summed E-state index contributed by atoms with van der Waals surface area (Å²) in [5.41, 5.74) is 0.775. The van der Waals surface area contributed by atoms with Gasteiger partial charge in [-0.05, 0) is 80.9 Å². The van der Waals surface area contributed by atoms with E-state index in [0.29, 0.717) is 23.6 Å². The molecule has 1 aliphatic rings. The summed E-state index contributed by atoms with van der Waals surface area (Å²) < 4.78 is 33.6. The van der Waals surface area contributed by atoms with E-state index in [2.05, 4.69) is 9.62 Å². The Morgan fingerprint density at radius 3 is 2.30 bits per heavy atom. The predicted molar refractivity (Wildman–Crippen MR) is 132 cm³/mol. The lowest BCUT2D eigenvalue weighted by Gasteiger charge is -2.26. The first kappa shape index (κ1) is 25.3. The Morgan fingerprint density at radius 1 is 1.00 bits per heavy atom. The van der Waals surface area contributed by atoms with Crippen LogP contribution in [0.15, 0.2) is 53.4 Å². The van der Waals surface area contributed by atoms with E-state index in [1.807, 2.05) is 0 Å². The topological polar surface area (TPSA) is 92.8 Å². The third-order valence-electron chi connectivity index (χ3n) is 5.34. The Morgan fingerprint density at radius 2 is 1.67 bits per heavy atom. The quantitative estimate of drug-likeness (QED) is 0.373. The normalized spacial score (nSPS) is 14.6. The highest BCUT2D eigenvalue weighted by Crippen LogP contribution is 2.20. The van der Waals surface area contributed by atoms with Crippen molar-refractivity contribution in [3.63, 3.8) is 0 Å². The van der Waals surface area contributed by atoms with Gasteiger partial charge < -0.3 is 9.64 Å². The fourth-order valence-corrected chi connectivity index (χ4v) is 5.12. The fourth-order valence-electron chi connectivity index (χ4n) is 3.56. The molecule has 0 aliphatic carbocycles. The van der Waals surface area contributed by atoms with Gasteiger partial charge in [0.15, 0.2) is 10.9 Å². The molecule has 2 aromatic carbocycles. The number of Topliss-reactive ketones (excluding diaryl/α,β-unsaturated/α-hetero) is 1. The SMILES string of the molecule is CC(=O)SCC(=O)c1ccc(NS(=O)(=O)c2ccc(OCCCN3CCCCC3)cc2)cc1. The van der Waals surface area contributed by atoms with E-state index < -0.39 is 10.0 Å². The summed E-state index contributed by atoms with van der Waals surface area (Å²) >= 11 is 0.947. The number of hydrogen-bond acceptors (Lipinski definition) is 7. The summed E-state index contributed by atoms with van der Waals surface area (Å²) in [4.78, 5) is 25.6. The van der Waals surface area contributed by atoms with Crippen LogP contribution in [0.4, 0.5) is 5.69 Å². The van der Waals surface area contributed by atoms with Gasteiger partial charge in [0, 0.05) is 24.7 Å². The number of hydrogen-bond donors (Lipinski definition) is 1. The molecule has 1 heterocycles. The van der Waals surface area contributed by atoms with Crippen molar-refractivity contribution in [2.75, 3.05) is 36.7 Å². The summed E-state index contributed by atoms with van der Waals surface area (Å²) in [6, 6.07) is 12.5. The van der Waals surface area contributed by atoms with Crippen molar-refractivity contribution in [3.8, 4) is 5.75 Å². The maximum absolute atomic E-state index is 12.7. The third kappa shape index (κ3) is 8.17. The number of nitrogens with one attached hydrogen (secondary N) is 1. The molecular weight excluding hydrogens is 460 g/mol. The molecule has 0 amide bonds. The van der Waals surface area contributed by atoms with Crippen LogP contribution in [0.3, 0.4) is 0 Å². The van der Waals surface area contributed by atoms with Crippen LogP contribution in [0.25, 0.3) is 0 Å². The number of ketones is 1. The van der Waals surface area contributed by atoms with Gasteiger partial charge in [0.25, 0.3) is 10.0 Å². The summed E-state index contributed by atoms with van der Waals surface area (Å²) in [5.74, 6) is 0.516. The zero-order valence-electron chi connectivity index (χ0n) is 18.8. The van der Waals surface area contributed by atoms with E-state index in [1.165, 1.54) is 50.5 Å². The lowest BCUT2D eigenvalue weighted by Crippen LogP contribution is -2.31. The van der Waals surface area contributed by atoms with Gasteiger partial charge in [0.1, 0.15) is 5.75 Å². The van der Waals surface area contributed by atoms with Crippen LogP contribution in [0.2, 0.25) is 0 Å². The van der Waals surface area contributed by atoms with Gasteiger partial charge in [-0.2, -0.15) is 0 Å². The highest BCUT2D eigenvalue weighted by Gasteiger charge is 2.15. The Hall–Kier alpha value is -2.36. The monoisotopic (exact) mass is 490 g/mol. The first-order valence-corrected chi connectivity index (χ1v) is 13.5. The molecule has 0 atom stereocenters. The maximum atomic E-state index is 12.7. The number of benzene rings is 2. The standard InChI is InChI=1S/C24H30N2O5S2/c1-19(27)32-18-24(28)20-6-8-21(9-7-20)25-33(29,30)23-12-10-22(11-13-23)31-17-5-16-26-14-3-2-4-15-26/h6-13,25H,2-5,14-18H2,1H3. The maximum Gasteiger partial charge on any atom is 0.261 e. The number of ether oxygens (including phenoxy) is 1. The van der Waals surface area contributed by atoms with E-state index in [1.54, 1.807) is 24.3 Å². The van der Waals surface area contributed by atoms with Crippen LogP contribution in [0.1, 0.15) is 43.0 Å². The Kier molecular flexibility index (Phi) is 9.34. The van der Waals surface area contributed by atoms with E-state index in [9.17, 15) is 18.0 Å². The molecule has 178 valence electrons. The number of sulfonamides is 1. The lowest BCUT2D eigenvalue weighted by atomic mass is 10.1. The van der Waals surface area contributed by atoms with Crippen LogP contribution in [-0.4, -0.2) is 56.2 Å². The van der Waals surface area contributed by atoms with Gasteiger partial charge in [-0.3, -0.25) is 14.3 Å². The molecule has 3 rings (SSSR count). The molecule has 0 unspecified atom stereocenters. The molecule has 9 heteroatoms. The van der Waals surface area contributed by atoms with Crippen LogP contribution < -0.4 is 9.46 Å². The van der Waals surface area contributed by atoms with Gasteiger partial charge in [0.05, 0.1) is 17.3 Å². The highest BCUT2D eigenvalue weighted by molar-refractivity contribution is 8.14. The molecule has 1 fully saturated rings. The average molecular weight is 491 g/mol. The summed E-state index contributed by atoms with van der Waals surface area (Å²) in [5, 5.41) is -0.124. The van der Waals surface area contributed by atoms with Gasteiger partial charge in [-0.1, -0.05) is 18.2 Å². The van der Waals surface area contributed by atoms with Gasteiger partial charge in [-0.15, -0.1) is 0 Å². The average Bonchev–Trinajstić information content (AvgIpc) is 2.81. The van der Waals surface area contributed by atoms with Crippen molar-refractivity contribution in [2.24, 2.45) is 0 Å². The summed E-state index contributed by atoms with van der Waals surface area (Å²) in [6.45, 7) is 5.35. The Balaban J connectivity index is 1.49. The third-order valence-corrected chi connectivity index (χ3v) is 7.55. The largest absolute Gasteiger partial charge is 0.494 e. The van der Waals surface area contributed by atoms with E-state index in [-0.39, 0.29) is 21.5 Å². The first-order valence-electron chi connectivity index (χ1n) is 11.1. The smallest absolute Gasteiger partial charge is 0.261 e. The number of carbonyl (C=O) groups is 2. The van der Waals surface area contributed by atoms with Crippen molar-refractivity contribution in [3.05, 3.63) is 54.1 Å². The Bertz CT molecular complexity index is 1030. The predicted octanol–water partition coefficient (Wildman–Crippen LogP) is 4.20. The van der Waals surface area contributed by atoms with Crippen molar-refractivity contribution in [1.29, 1.82) is 0 Å². The molecule has 2 aromatic rings. The minimum Gasteiger partial charge on any atom is -0.494 e. The van der Waals surface area contributed by atoms with Crippen LogP contribution in [0, 0.1) is 0 Å². The van der Waals surface area contributed by atoms with Crippen LogP contribution in [0.5, 0.6) is 5.75 Å². The molecule has 33 heavy (non-hydrogen) atoms. The number of piperidine rings is 1. The second kappa shape index (κ2) is 12.2. The van der Waals surface area contributed by atoms with Crippen molar-refractivity contribution in [2.45, 2.75) is 37.5 Å². The number of anilines is 1. The second-order valence-corrected chi connectivity index (χ2v) is 10.8.